The number of alkyl halides is 1. The zero-order valence-electron chi connectivity index (χ0n) is 18.1. The second kappa shape index (κ2) is 10.2. The molecule has 1 aliphatic heterocycles. The number of halogens is 4. The SMILES string of the molecule is CC(C)N(P1CCCC1c1ccccc1)P(c1cc(F)ccc1F)C1C=C(F)C=CC1F. The third-order valence-corrected chi connectivity index (χ3v) is 12.9. The average molecular weight is 479 g/mol. The number of rotatable bonds is 6. The average Bonchev–Trinajstić information content (AvgIpc) is 3.25. The summed E-state index contributed by atoms with van der Waals surface area (Å²) in [6, 6.07) is 13.5. The van der Waals surface area contributed by atoms with Gasteiger partial charge in [0.05, 0.1) is 5.66 Å². The molecule has 0 bridgehead atoms. The van der Waals surface area contributed by atoms with Crippen molar-refractivity contribution >= 4 is 21.4 Å². The minimum Gasteiger partial charge on any atom is -0.252 e. The highest BCUT2D eigenvalue weighted by molar-refractivity contribution is 7.75. The van der Waals surface area contributed by atoms with Crippen molar-refractivity contribution in [2.75, 3.05) is 6.16 Å². The van der Waals surface area contributed by atoms with Crippen LogP contribution in [-0.4, -0.2) is 28.5 Å². The van der Waals surface area contributed by atoms with Crippen molar-refractivity contribution in [3.8, 4) is 0 Å². The number of hydrogen-bond acceptors (Lipinski definition) is 1. The molecule has 170 valence electrons. The van der Waals surface area contributed by atoms with Gasteiger partial charge in [-0.2, -0.15) is 0 Å². The highest BCUT2D eigenvalue weighted by atomic mass is 31.2. The Kier molecular flexibility index (Phi) is 7.50. The van der Waals surface area contributed by atoms with E-state index < -0.39 is 45.4 Å². The molecule has 0 radical (unpaired) electrons. The van der Waals surface area contributed by atoms with Crippen molar-refractivity contribution in [3.05, 3.63) is 89.8 Å². The lowest BCUT2D eigenvalue weighted by Gasteiger charge is -2.45. The predicted molar refractivity (Wildman–Crippen MR) is 127 cm³/mol. The van der Waals surface area contributed by atoms with Gasteiger partial charge in [-0.15, -0.1) is 0 Å². The van der Waals surface area contributed by atoms with Crippen LogP contribution in [0.1, 0.15) is 37.9 Å². The van der Waals surface area contributed by atoms with E-state index >= 15 is 8.78 Å². The summed E-state index contributed by atoms with van der Waals surface area (Å²) in [4.78, 5) is 0. The van der Waals surface area contributed by atoms with Gasteiger partial charge in [0.15, 0.2) is 0 Å². The minimum atomic E-state index is -1.70. The number of hydrogen-bond donors (Lipinski definition) is 0. The molecule has 2 aliphatic rings. The smallest absolute Gasteiger partial charge is 0.132 e. The fourth-order valence-corrected chi connectivity index (χ4v) is 12.3. The molecule has 5 atom stereocenters. The molecule has 0 spiro atoms. The Morgan fingerprint density at radius 2 is 1.81 bits per heavy atom. The van der Waals surface area contributed by atoms with Crippen LogP contribution < -0.4 is 5.30 Å². The third-order valence-electron chi connectivity index (χ3n) is 5.89. The van der Waals surface area contributed by atoms with Crippen molar-refractivity contribution < 1.29 is 17.6 Å². The molecule has 5 unspecified atom stereocenters. The zero-order chi connectivity index (χ0) is 22.8. The van der Waals surface area contributed by atoms with E-state index in [1.807, 2.05) is 32.0 Å². The van der Waals surface area contributed by atoms with Crippen LogP contribution in [0.25, 0.3) is 0 Å². The van der Waals surface area contributed by atoms with E-state index in [1.54, 1.807) is 0 Å². The van der Waals surface area contributed by atoms with Gasteiger partial charge in [-0.25, -0.2) is 17.6 Å². The largest absolute Gasteiger partial charge is 0.252 e. The minimum absolute atomic E-state index is 0.0335. The van der Waals surface area contributed by atoms with Crippen molar-refractivity contribution in [1.29, 1.82) is 0 Å². The molecule has 1 saturated heterocycles. The summed E-state index contributed by atoms with van der Waals surface area (Å²) in [6.07, 6.45) is 5.08. The lowest BCUT2D eigenvalue weighted by Crippen LogP contribution is -2.36. The van der Waals surface area contributed by atoms with Gasteiger partial charge in [0, 0.05) is 25.1 Å². The van der Waals surface area contributed by atoms with Gasteiger partial charge in [0.1, 0.15) is 23.6 Å². The van der Waals surface area contributed by atoms with Crippen LogP contribution in [0.3, 0.4) is 0 Å². The quantitative estimate of drug-likeness (QED) is 0.302. The van der Waals surface area contributed by atoms with E-state index in [4.69, 9.17) is 0 Å². The summed E-state index contributed by atoms with van der Waals surface area (Å²) in [6.45, 7) is 4.03. The van der Waals surface area contributed by atoms with Gasteiger partial charge in [-0.05, 0) is 82.9 Å². The van der Waals surface area contributed by atoms with Crippen LogP contribution >= 0.6 is 16.1 Å². The van der Waals surface area contributed by atoms with E-state index in [9.17, 15) is 8.78 Å². The molecule has 2 aromatic rings. The molecule has 7 heteroatoms. The van der Waals surface area contributed by atoms with E-state index in [0.29, 0.717) is 0 Å². The van der Waals surface area contributed by atoms with Crippen molar-refractivity contribution in [1.82, 2.24) is 4.44 Å². The topological polar surface area (TPSA) is 3.24 Å². The Hall–Kier alpha value is -1.54. The van der Waals surface area contributed by atoms with Crippen molar-refractivity contribution in [2.24, 2.45) is 0 Å². The normalized spacial score (nSPS) is 26.6. The number of benzene rings is 2. The first-order valence-corrected chi connectivity index (χ1v) is 13.8. The standard InChI is InChI=1S/C25H27F4NP2/c1-17(2)30(31-14-6-9-23(31)18-7-4-3-5-8-18)32(24-15-19(26)10-12-21(24)28)25-16-20(27)11-13-22(25)29/h3-5,7-8,10-13,15-17,21,23-24H,6,9,14H2,1-2H3. The Labute approximate surface area is 189 Å². The second-order valence-electron chi connectivity index (χ2n) is 8.43. The number of allylic oxidation sites excluding steroid dienone is 4. The fraction of sp³-hybridized carbons (Fsp3) is 0.360. The van der Waals surface area contributed by atoms with Crippen LogP contribution in [0.2, 0.25) is 0 Å². The van der Waals surface area contributed by atoms with E-state index in [1.165, 1.54) is 23.8 Å². The maximum absolute atomic E-state index is 15.2. The molecule has 0 aromatic heterocycles. The van der Waals surface area contributed by atoms with Gasteiger partial charge in [0.25, 0.3) is 0 Å². The Balaban J connectivity index is 1.84. The molecule has 0 saturated carbocycles. The van der Waals surface area contributed by atoms with Crippen LogP contribution in [0, 0.1) is 11.6 Å². The van der Waals surface area contributed by atoms with Crippen LogP contribution in [0.5, 0.6) is 0 Å². The Morgan fingerprint density at radius 3 is 2.53 bits per heavy atom. The van der Waals surface area contributed by atoms with Gasteiger partial charge >= 0.3 is 0 Å². The maximum Gasteiger partial charge on any atom is 0.132 e. The zero-order valence-corrected chi connectivity index (χ0v) is 19.9. The van der Waals surface area contributed by atoms with Crippen LogP contribution in [-0.2, 0) is 0 Å². The summed E-state index contributed by atoms with van der Waals surface area (Å²) in [5.74, 6) is -1.66. The summed E-state index contributed by atoms with van der Waals surface area (Å²) in [5, 5.41) is 0.155. The molecule has 1 heterocycles. The highest BCUT2D eigenvalue weighted by Crippen LogP contribution is 2.70. The highest BCUT2D eigenvalue weighted by Gasteiger charge is 2.44. The van der Waals surface area contributed by atoms with Crippen molar-refractivity contribution in [2.45, 2.75) is 50.2 Å². The van der Waals surface area contributed by atoms with Crippen molar-refractivity contribution in [3.63, 3.8) is 0 Å². The van der Waals surface area contributed by atoms with Gasteiger partial charge in [-0.3, -0.25) is 4.44 Å². The summed E-state index contributed by atoms with van der Waals surface area (Å²) in [7, 11) is -2.50. The van der Waals surface area contributed by atoms with Gasteiger partial charge in [0.2, 0.25) is 0 Å². The molecule has 1 aliphatic carbocycles. The molecule has 32 heavy (non-hydrogen) atoms. The fourth-order valence-electron chi connectivity index (χ4n) is 4.56. The molecule has 2 aromatic carbocycles. The molecule has 0 amide bonds. The number of nitrogens with zero attached hydrogens (tertiary/aromatic N) is 1. The summed E-state index contributed by atoms with van der Waals surface area (Å²) < 4.78 is 61.1. The van der Waals surface area contributed by atoms with Crippen LogP contribution in [0.15, 0.2) is 72.6 Å². The van der Waals surface area contributed by atoms with E-state index in [-0.39, 0.29) is 17.0 Å². The third kappa shape index (κ3) is 4.86. The molecule has 4 rings (SSSR count). The molecule has 1 fully saturated rings. The molecular weight excluding hydrogens is 452 g/mol. The summed E-state index contributed by atoms with van der Waals surface area (Å²) >= 11 is 0. The van der Waals surface area contributed by atoms with Crippen LogP contribution in [0.4, 0.5) is 17.6 Å². The van der Waals surface area contributed by atoms with E-state index in [2.05, 4.69) is 16.6 Å². The first kappa shape index (κ1) is 23.6. The monoisotopic (exact) mass is 479 g/mol. The first-order valence-electron chi connectivity index (χ1n) is 10.9. The Morgan fingerprint density at radius 1 is 1.06 bits per heavy atom. The molecule has 0 N–H and O–H groups in total. The lowest BCUT2D eigenvalue weighted by atomic mass is 10.1. The Bertz CT molecular complexity index is 995. The van der Waals surface area contributed by atoms with E-state index in [0.717, 1.165) is 37.2 Å². The molecule has 1 nitrogen and oxygen atoms in total. The lowest BCUT2D eigenvalue weighted by molar-refractivity contribution is 0.396. The van der Waals surface area contributed by atoms with Gasteiger partial charge in [-0.1, -0.05) is 30.3 Å². The maximum atomic E-state index is 15.2. The first-order chi connectivity index (χ1) is 15.4. The summed E-state index contributed by atoms with van der Waals surface area (Å²) in [5.41, 5.74) is 0.605. The second-order valence-corrected chi connectivity index (χ2v) is 13.3. The molecular formula is C25H27F4NP2. The van der Waals surface area contributed by atoms with Gasteiger partial charge < -0.3 is 0 Å². The predicted octanol–water partition coefficient (Wildman–Crippen LogP) is 7.76.